The smallest absolute Gasteiger partial charge is 0.127 e. The lowest BCUT2D eigenvalue weighted by atomic mass is 10.2. The van der Waals surface area contributed by atoms with Crippen molar-refractivity contribution in [3.8, 4) is 5.75 Å². The van der Waals surface area contributed by atoms with Crippen molar-refractivity contribution < 1.29 is 14.2 Å². The lowest BCUT2D eigenvalue weighted by Crippen LogP contribution is -2.01. The highest BCUT2D eigenvalue weighted by molar-refractivity contribution is 7.09. The summed E-state index contributed by atoms with van der Waals surface area (Å²) in [4.78, 5) is 1.24. The number of benzene rings is 1. The van der Waals surface area contributed by atoms with Gasteiger partial charge in [0.15, 0.2) is 0 Å². The highest BCUT2D eigenvalue weighted by Gasteiger charge is 2.01. The average Bonchev–Trinajstić information content (AvgIpc) is 2.81. The maximum atomic E-state index is 13.1. The van der Waals surface area contributed by atoms with Gasteiger partial charge in [-0.15, -0.1) is 11.3 Å². The molecular weight excluding hydrogens is 239 g/mol. The zero-order valence-corrected chi connectivity index (χ0v) is 10.0. The van der Waals surface area contributed by atoms with E-state index >= 15 is 0 Å². The summed E-state index contributed by atoms with van der Waals surface area (Å²) in [7, 11) is 0. The van der Waals surface area contributed by atoms with E-state index in [0.29, 0.717) is 17.9 Å². The van der Waals surface area contributed by atoms with E-state index in [2.05, 4.69) is 0 Å². The molecule has 0 saturated carbocycles. The first-order chi connectivity index (χ1) is 8.28. The minimum absolute atomic E-state index is 0.182. The van der Waals surface area contributed by atoms with Crippen LogP contribution in [0, 0.1) is 5.82 Å². The van der Waals surface area contributed by atoms with E-state index in [-0.39, 0.29) is 12.4 Å². The molecule has 0 amide bonds. The molecule has 2 rings (SSSR count). The molecule has 0 spiro atoms. The molecule has 0 bridgehead atoms. The Labute approximate surface area is 103 Å². The van der Waals surface area contributed by atoms with Crippen LogP contribution in [0.5, 0.6) is 5.75 Å². The minimum Gasteiger partial charge on any atom is -0.493 e. The number of aliphatic hydroxyl groups excluding tert-OH is 1. The Bertz CT molecular complexity index is 468. The van der Waals surface area contributed by atoms with E-state index in [9.17, 15) is 4.39 Å². The average molecular weight is 252 g/mol. The highest BCUT2D eigenvalue weighted by atomic mass is 32.1. The fourth-order valence-electron chi connectivity index (χ4n) is 1.52. The van der Waals surface area contributed by atoms with Gasteiger partial charge in [-0.2, -0.15) is 0 Å². The third kappa shape index (κ3) is 3.54. The largest absolute Gasteiger partial charge is 0.493 e. The molecule has 17 heavy (non-hydrogen) atoms. The Morgan fingerprint density at radius 3 is 2.88 bits per heavy atom. The minimum atomic E-state index is -0.386. The fraction of sp³-hybridized carbons (Fsp3) is 0.231. The quantitative estimate of drug-likeness (QED) is 0.886. The van der Waals surface area contributed by atoms with Crippen molar-refractivity contribution in [1.29, 1.82) is 0 Å². The molecule has 0 atom stereocenters. The zero-order valence-electron chi connectivity index (χ0n) is 9.23. The van der Waals surface area contributed by atoms with Crippen LogP contribution in [0.4, 0.5) is 4.39 Å². The van der Waals surface area contributed by atoms with Crippen LogP contribution in [0.3, 0.4) is 0 Å². The van der Waals surface area contributed by atoms with Crippen LogP contribution in [0.2, 0.25) is 0 Å². The van der Waals surface area contributed by atoms with Crippen molar-refractivity contribution in [2.45, 2.75) is 13.0 Å². The molecule has 0 radical (unpaired) electrons. The summed E-state index contributed by atoms with van der Waals surface area (Å²) in [5, 5.41) is 11.0. The highest BCUT2D eigenvalue weighted by Crippen LogP contribution is 2.17. The Hall–Kier alpha value is -1.39. The van der Waals surface area contributed by atoms with Crippen LogP contribution in [0.25, 0.3) is 0 Å². The Kier molecular flexibility index (Phi) is 4.12. The van der Waals surface area contributed by atoms with Crippen LogP contribution in [0.1, 0.15) is 10.4 Å². The van der Waals surface area contributed by atoms with Crippen molar-refractivity contribution in [3.63, 3.8) is 0 Å². The number of ether oxygens (including phenoxy) is 1. The van der Waals surface area contributed by atoms with Crippen LogP contribution in [-0.2, 0) is 13.0 Å². The van der Waals surface area contributed by atoms with Crippen molar-refractivity contribution in [2.75, 3.05) is 6.61 Å². The summed E-state index contributed by atoms with van der Waals surface area (Å²) < 4.78 is 18.6. The van der Waals surface area contributed by atoms with E-state index in [4.69, 9.17) is 9.84 Å². The first-order valence-corrected chi connectivity index (χ1v) is 6.21. The normalized spacial score (nSPS) is 10.5. The van der Waals surface area contributed by atoms with E-state index in [1.54, 1.807) is 17.4 Å². The number of rotatable bonds is 5. The molecule has 1 aromatic carbocycles. The van der Waals surface area contributed by atoms with Crippen LogP contribution in [0.15, 0.2) is 35.7 Å². The van der Waals surface area contributed by atoms with Gasteiger partial charge in [0.25, 0.3) is 0 Å². The van der Waals surface area contributed by atoms with Gasteiger partial charge in [0, 0.05) is 17.4 Å². The van der Waals surface area contributed by atoms with Crippen LogP contribution in [-0.4, -0.2) is 11.7 Å². The first-order valence-electron chi connectivity index (χ1n) is 5.33. The van der Waals surface area contributed by atoms with E-state index in [1.165, 1.54) is 17.0 Å². The van der Waals surface area contributed by atoms with E-state index in [1.807, 2.05) is 17.5 Å². The molecule has 1 heterocycles. The molecular formula is C13H13FO2S. The Balaban J connectivity index is 1.92. The molecule has 0 saturated heterocycles. The zero-order chi connectivity index (χ0) is 12.1. The molecule has 0 unspecified atom stereocenters. The first kappa shape index (κ1) is 12.1. The van der Waals surface area contributed by atoms with Gasteiger partial charge >= 0.3 is 0 Å². The molecule has 90 valence electrons. The molecule has 0 aliphatic heterocycles. The number of hydrogen-bond acceptors (Lipinski definition) is 3. The second-order valence-electron chi connectivity index (χ2n) is 3.63. The topological polar surface area (TPSA) is 29.5 Å². The van der Waals surface area contributed by atoms with Gasteiger partial charge in [-0.05, 0) is 29.1 Å². The molecule has 2 aromatic rings. The SMILES string of the molecule is OCc1cc(F)cc(OCCc2cccs2)c1. The molecule has 0 fully saturated rings. The Morgan fingerprint density at radius 2 is 2.18 bits per heavy atom. The monoisotopic (exact) mass is 252 g/mol. The summed E-state index contributed by atoms with van der Waals surface area (Å²) in [5.41, 5.74) is 0.524. The lowest BCUT2D eigenvalue weighted by molar-refractivity contribution is 0.278. The van der Waals surface area contributed by atoms with E-state index in [0.717, 1.165) is 6.42 Å². The number of hydrogen-bond donors (Lipinski definition) is 1. The van der Waals surface area contributed by atoms with Gasteiger partial charge in [-0.3, -0.25) is 0 Å². The second kappa shape index (κ2) is 5.80. The molecule has 2 nitrogen and oxygen atoms in total. The number of halogens is 1. The summed E-state index contributed by atoms with van der Waals surface area (Å²) in [6.07, 6.45) is 0.808. The van der Waals surface area contributed by atoms with Gasteiger partial charge in [0.1, 0.15) is 11.6 Å². The van der Waals surface area contributed by atoms with Gasteiger partial charge in [-0.25, -0.2) is 4.39 Å². The van der Waals surface area contributed by atoms with Gasteiger partial charge in [-0.1, -0.05) is 6.07 Å². The summed E-state index contributed by atoms with van der Waals surface area (Å²) in [6, 6.07) is 8.31. The standard InChI is InChI=1S/C13H13FO2S/c14-11-6-10(9-15)7-12(8-11)16-4-3-13-2-1-5-17-13/h1-2,5-8,15H,3-4,9H2. The Morgan fingerprint density at radius 1 is 1.29 bits per heavy atom. The fourth-order valence-corrected chi connectivity index (χ4v) is 2.21. The lowest BCUT2D eigenvalue weighted by Gasteiger charge is -2.07. The van der Waals surface area contributed by atoms with Gasteiger partial charge < -0.3 is 9.84 Å². The molecule has 0 aliphatic carbocycles. The molecule has 0 aliphatic rings. The predicted molar refractivity (Wildman–Crippen MR) is 65.8 cm³/mol. The van der Waals surface area contributed by atoms with Crippen LogP contribution >= 0.6 is 11.3 Å². The molecule has 1 N–H and O–H groups in total. The summed E-state index contributed by atoms with van der Waals surface area (Å²) >= 11 is 1.67. The maximum absolute atomic E-state index is 13.1. The second-order valence-corrected chi connectivity index (χ2v) is 4.66. The summed E-state index contributed by atoms with van der Waals surface area (Å²) in [6.45, 7) is 0.327. The summed E-state index contributed by atoms with van der Waals surface area (Å²) in [5.74, 6) is 0.0771. The molecule has 1 aromatic heterocycles. The van der Waals surface area contributed by atoms with Gasteiger partial charge in [0.05, 0.1) is 13.2 Å². The van der Waals surface area contributed by atoms with Crippen molar-refractivity contribution in [2.24, 2.45) is 0 Å². The van der Waals surface area contributed by atoms with Crippen molar-refractivity contribution >= 4 is 11.3 Å². The predicted octanol–water partition coefficient (Wildman–Crippen LogP) is 3.00. The van der Waals surface area contributed by atoms with Crippen LogP contribution < -0.4 is 4.74 Å². The number of thiophene rings is 1. The third-order valence-corrected chi connectivity index (χ3v) is 3.25. The maximum Gasteiger partial charge on any atom is 0.127 e. The third-order valence-electron chi connectivity index (χ3n) is 2.31. The number of aliphatic hydroxyl groups is 1. The molecule has 4 heteroatoms. The van der Waals surface area contributed by atoms with Crippen molar-refractivity contribution in [1.82, 2.24) is 0 Å². The van der Waals surface area contributed by atoms with Gasteiger partial charge in [0.2, 0.25) is 0 Å². The van der Waals surface area contributed by atoms with E-state index < -0.39 is 0 Å². The van der Waals surface area contributed by atoms with Crippen molar-refractivity contribution in [3.05, 3.63) is 52.0 Å².